The standard InChI is InChI=1S/C10H14F3N3OS/c1-6(17)7-2-4-16(5-3-7)9-14-8(15-18-9)10(11,12)13/h6-7,17H,2-5H2,1H3. The lowest BCUT2D eigenvalue weighted by molar-refractivity contribution is -0.144. The number of piperidine rings is 1. The van der Waals surface area contributed by atoms with Gasteiger partial charge in [-0.2, -0.15) is 22.5 Å². The van der Waals surface area contributed by atoms with Gasteiger partial charge in [0.2, 0.25) is 11.0 Å². The molecular formula is C10H14F3N3OS. The Morgan fingerprint density at radius 1 is 1.39 bits per heavy atom. The minimum atomic E-state index is -4.48. The van der Waals surface area contributed by atoms with E-state index in [0.717, 1.165) is 24.4 Å². The van der Waals surface area contributed by atoms with E-state index < -0.39 is 12.0 Å². The van der Waals surface area contributed by atoms with Crippen LogP contribution < -0.4 is 4.90 Å². The van der Waals surface area contributed by atoms with Crippen molar-refractivity contribution in [2.75, 3.05) is 18.0 Å². The van der Waals surface area contributed by atoms with Gasteiger partial charge >= 0.3 is 6.18 Å². The van der Waals surface area contributed by atoms with Crippen LogP contribution in [0.1, 0.15) is 25.6 Å². The first-order valence-electron chi connectivity index (χ1n) is 5.72. The van der Waals surface area contributed by atoms with Gasteiger partial charge in [0, 0.05) is 24.6 Å². The van der Waals surface area contributed by atoms with Crippen molar-refractivity contribution in [3.63, 3.8) is 0 Å². The summed E-state index contributed by atoms with van der Waals surface area (Å²) in [5.41, 5.74) is 0. The maximum absolute atomic E-state index is 12.4. The number of alkyl halides is 3. The van der Waals surface area contributed by atoms with Gasteiger partial charge in [0.1, 0.15) is 0 Å². The van der Waals surface area contributed by atoms with Crippen LogP contribution in [0.25, 0.3) is 0 Å². The number of hydrogen-bond acceptors (Lipinski definition) is 5. The smallest absolute Gasteiger partial charge is 0.393 e. The zero-order valence-electron chi connectivity index (χ0n) is 9.81. The van der Waals surface area contributed by atoms with Crippen molar-refractivity contribution in [1.29, 1.82) is 0 Å². The van der Waals surface area contributed by atoms with Crippen molar-refractivity contribution < 1.29 is 18.3 Å². The Morgan fingerprint density at radius 2 is 2.00 bits per heavy atom. The summed E-state index contributed by atoms with van der Waals surface area (Å²) >= 11 is 0.775. The topological polar surface area (TPSA) is 49.2 Å². The molecule has 0 aromatic carbocycles. The highest BCUT2D eigenvalue weighted by Crippen LogP contribution is 2.32. The molecule has 1 aliphatic heterocycles. The molecule has 1 aromatic rings. The maximum Gasteiger partial charge on any atom is 0.452 e. The third-order valence-electron chi connectivity index (χ3n) is 3.16. The largest absolute Gasteiger partial charge is 0.452 e. The van der Waals surface area contributed by atoms with Crippen LogP contribution in [0.2, 0.25) is 0 Å². The lowest BCUT2D eigenvalue weighted by Crippen LogP contribution is -2.37. The predicted molar refractivity (Wildman–Crippen MR) is 61.5 cm³/mol. The Kier molecular flexibility index (Phi) is 3.76. The molecule has 18 heavy (non-hydrogen) atoms. The van der Waals surface area contributed by atoms with Crippen LogP contribution in [0.4, 0.5) is 18.3 Å². The van der Waals surface area contributed by atoms with Crippen LogP contribution in [-0.2, 0) is 6.18 Å². The van der Waals surface area contributed by atoms with Crippen LogP contribution in [0.15, 0.2) is 0 Å². The molecule has 1 saturated heterocycles. The van der Waals surface area contributed by atoms with E-state index in [0.29, 0.717) is 18.2 Å². The van der Waals surface area contributed by atoms with Gasteiger partial charge in [-0.05, 0) is 25.7 Å². The van der Waals surface area contributed by atoms with Gasteiger partial charge in [0.15, 0.2) is 0 Å². The summed E-state index contributed by atoms with van der Waals surface area (Å²) in [5, 5.41) is 9.76. The first kappa shape index (κ1) is 13.5. The number of nitrogens with zero attached hydrogens (tertiary/aromatic N) is 3. The lowest BCUT2D eigenvalue weighted by atomic mass is 9.92. The molecule has 0 saturated carbocycles. The van der Waals surface area contributed by atoms with E-state index >= 15 is 0 Å². The van der Waals surface area contributed by atoms with E-state index in [1.54, 1.807) is 11.8 Å². The summed E-state index contributed by atoms with van der Waals surface area (Å²) in [7, 11) is 0. The van der Waals surface area contributed by atoms with E-state index in [-0.39, 0.29) is 12.0 Å². The van der Waals surface area contributed by atoms with Gasteiger partial charge < -0.3 is 10.0 Å². The number of aliphatic hydroxyl groups excluding tert-OH is 1. The normalized spacial score (nSPS) is 20.2. The highest BCUT2D eigenvalue weighted by atomic mass is 32.1. The van der Waals surface area contributed by atoms with Crippen molar-refractivity contribution in [3.8, 4) is 0 Å². The van der Waals surface area contributed by atoms with Gasteiger partial charge in [-0.25, -0.2) is 0 Å². The third kappa shape index (κ3) is 2.92. The lowest BCUT2D eigenvalue weighted by Gasteiger charge is -2.32. The molecule has 0 radical (unpaired) electrons. The number of aliphatic hydroxyl groups is 1. The third-order valence-corrected chi connectivity index (χ3v) is 3.94. The number of halogens is 3. The highest BCUT2D eigenvalue weighted by Gasteiger charge is 2.37. The van der Waals surface area contributed by atoms with E-state index in [1.807, 2.05) is 0 Å². The van der Waals surface area contributed by atoms with Gasteiger partial charge in [0.05, 0.1) is 6.10 Å². The number of rotatable bonds is 2. The first-order chi connectivity index (χ1) is 8.38. The zero-order chi connectivity index (χ0) is 13.3. The van der Waals surface area contributed by atoms with Crippen LogP contribution >= 0.6 is 11.5 Å². The molecule has 1 aliphatic rings. The molecule has 8 heteroatoms. The van der Waals surface area contributed by atoms with Crippen molar-refractivity contribution in [2.24, 2.45) is 5.92 Å². The number of hydrogen-bond donors (Lipinski definition) is 1. The fraction of sp³-hybridized carbons (Fsp3) is 0.800. The monoisotopic (exact) mass is 281 g/mol. The molecule has 0 aliphatic carbocycles. The summed E-state index contributed by atoms with van der Waals surface area (Å²) in [6.07, 6.45) is -3.32. The second-order valence-electron chi connectivity index (χ2n) is 4.46. The maximum atomic E-state index is 12.4. The molecule has 1 aromatic heterocycles. The van der Waals surface area contributed by atoms with Crippen molar-refractivity contribution in [1.82, 2.24) is 9.36 Å². The van der Waals surface area contributed by atoms with Gasteiger partial charge in [0.25, 0.3) is 0 Å². The highest BCUT2D eigenvalue weighted by molar-refractivity contribution is 7.09. The molecule has 0 bridgehead atoms. The van der Waals surface area contributed by atoms with Crippen LogP contribution in [0.3, 0.4) is 0 Å². The Bertz CT molecular complexity index is 399. The molecule has 4 nitrogen and oxygen atoms in total. The Hall–Kier alpha value is -0.890. The molecular weight excluding hydrogens is 267 g/mol. The number of aromatic nitrogens is 2. The molecule has 1 N–H and O–H groups in total. The summed E-state index contributed by atoms with van der Waals surface area (Å²) in [6, 6.07) is 0. The Balaban J connectivity index is 2.00. The van der Waals surface area contributed by atoms with Gasteiger partial charge in [-0.15, -0.1) is 0 Å². The van der Waals surface area contributed by atoms with Gasteiger partial charge in [-0.3, -0.25) is 0 Å². The molecule has 2 heterocycles. The fourth-order valence-electron chi connectivity index (χ4n) is 2.03. The SMILES string of the molecule is CC(O)C1CCN(c2nc(C(F)(F)F)ns2)CC1. The average Bonchev–Trinajstić information content (AvgIpc) is 2.78. The summed E-state index contributed by atoms with van der Waals surface area (Å²) < 4.78 is 40.4. The molecule has 2 rings (SSSR count). The summed E-state index contributed by atoms with van der Waals surface area (Å²) in [4.78, 5) is 5.32. The summed E-state index contributed by atoms with van der Waals surface area (Å²) in [6.45, 7) is 2.97. The Labute approximate surface area is 107 Å². The zero-order valence-corrected chi connectivity index (χ0v) is 10.6. The van der Waals surface area contributed by atoms with Crippen molar-refractivity contribution in [2.45, 2.75) is 32.0 Å². The van der Waals surface area contributed by atoms with E-state index in [4.69, 9.17) is 0 Å². The molecule has 1 unspecified atom stereocenters. The number of anilines is 1. The predicted octanol–water partition coefficient (Wildman–Crippen LogP) is 2.15. The summed E-state index contributed by atoms with van der Waals surface area (Å²) in [5.74, 6) is -0.851. The van der Waals surface area contributed by atoms with Crippen LogP contribution in [0.5, 0.6) is 0 Å². The van der Waals surface area contributed by atoms with Crippen molar-refractivity contribution >= 4 is 16.7 Å². The van der Waals surface area contributed by atoms with Crippen LogP contribution in [-0.4, -0.2) is 33.7 Å². The molecule has 0 amide bonds. The molecule has 1 fully saturated rings. The minimum Gasteiger partial charge on any atom is -0.393 e. The molecule has 0 spiro atoms. The average molecular weight is 281 g/mol. The molecule has 1 atom stereocenters. The quantitative estimate of drug-likeness (QED) is 0.902. The first-order valence-corrected chi connectivity index (χ1v) is 6.49. The second kappa shape index (κ2) is 5.00. The van der Waals surface area contributed by atoms with Crippen LogP contribution in [0, 0.1) is 5.92 Å². The van der Waals surface area contributed by atoms with E-state index in [9.17, 15) is 18.3 Å². The minimum absolute atomic E-state index is 0.219. The molecule has 102 valence electrons. The second-order valence-corrected chi connectivity index (χ2v) is 5.19. The van der Waals surface area contributed by atoms with Gasteiger partial charge in [-0.1, -0.05) is 0 Å². The van der Waals surface area contributed by atoms with E-state index in [2.05, 4.69) is 9.36 Å². The van der Waals surface area contributed by atoms with Crippen molar-refractivity contribution in [3.05, 3.63) is 5.82 Å². The Morgan fingerprint density at radius 3 is 2.44 bits per heavy atom. The van der Waals surface area contributed by atoms with E-state index in [1.165, 1.54) is 0 Å². The fourth-order valence-corrected chi connectivity index (χ4v) is 2.77.